The minimum Gasteiger partial charge on any atom is -0.364 e. The molecule has 1 aromatic carbocycles. The van der Waals surface area contributed by atoms with E-state index in [4.69, 9.17) is 4.52 Å². The lowest BCUT2D eigenvalue weighted by molar-refractivity contribution is 0.286. The van der Waals surface area contributed by atoms with E-state index in [0.717, 1.165) is 18.2 Å². The first-order chi connectivity index (χ1) is 8.42. The van der Waals surface area contributed by atoms with Crippen LogP contribution in [0.3, 0.4) is 0 Å². The molecular formula is C14H16N2O. The maximum Gasteiger partial charge on any atom is 0.124 e. The molecule has 0 radical (unpaired) electrons. The second kappa shape index (κ2) is 4.72. The maximum absolute atomic E-state index is 4.80. The topological polar surface area (TPSA) is 38.1 Å². The number of hydrogen-bond donors (Lipinski definition) is 1. The fraction of sp³-hybridized carbons (Fsp3) is 0.357. The van der Waals surface area contributed by atoms with E-state index in [9.17, 15) is 0 Å². The molecule has 2 aromatic rings. The Morgan fingerprint density at radius 1 is 1.18 bits per heavy atom. The molecule has 0 amide bonds. The first-order valence-corrected chi connectivity index (χ1v) is 6.09. The average molecular weight is 228 g/mol. The molecule has 1 aromatic heterocycles. The minimum atomic E-state index is 0.622. The van der Waals surface area contributed by atoms with E-state index in [1.165, 1.54) is 18.4 Å². The highest BCUT2D eigenvalue weighted by atomic mass is 16.5. The average Bonchev–Trinajstić information content (AvgIpc) is 2.81. The normalized spacial score (nSPS) is 23.3. The predicted octanol–water partition coefficient (Wildman–Crippen LogP) is 2.71. The molecule has 0 unspecified atom stereocenters. The lowest BCUT2D eigenvalue weighted by Crippen LogP contribution is -2.39. The summed E-state index contributed by atoms with van der Waals surface area (Å²) < 4.78 is 4.80. The highest BCUT2D eigenvalue weighted by molar-refractivity contribution is 5.22. The van der Waals surface area contributed by atoms with E-state index >= 15 is 0 Å². The summed E-state index contributed by atoms with van der Waals surface area (Å²) in [6.07, 6.45) is 4.06. The van der Waals surface area contributed by atoms with E-state index in [-0.39, 0.29) is 0 Å². The Labute approximate surface area is 101 Å². The molecular weight excluding hydrogens is 212 g/mol. The van der Waals surface area contributed by atoms with Crippen molar-refractivity contribution in [3.8, 4) is 0 Å². The third-order valence-electron chi connectivity index (χ3n) is 3.47. The molecule has 3 heteroatoms. The quantitative estimate of drug-likeness (QED) is 0.874. The second-order valence-corrected chi connectivity index (χ2v) is 4.65. The summed E-state index contributed by atoms with van der Waals surface area (Å²) in [4.78, 5) is 0. The molecule has 1 saturated carbocycles. The molecule has 0 atom stereocenters. The first kappa shape index (κ1) is 10.5. The Balaban J connectivity index is 1.46. The maximum atomic E-state index is 4.80. The van der Waals surface area contributed by atoms with Gasteiger partial charge < -0.3 is 9.84 Å². The lowest BCUT2D eigenvalue weighted by atomic mass is 9.76. The number of aromatic nitrogens is 1. The molecule has 1 aliphatic carbocycles. The molecule has 3 rings (SSSR count). The van der Waals surface area contributed by atoms with Crippen LogP contribution >= 0.6 is 0 Å². The number of nitrogens with zero attached hydrogens (tertiary/aromatic N) is 1. The van der Waals surface area contributed by atoms with Gasteiger partial charge in [-0.2, -0.15) is 0 Å². The van der Waals surface area contributed by atoms with Gasteiger partial charge in [0.2, 0.25) is 0 Å². The van der Waals surface area contributed by atoms with Crippen molar-refractivity contribution in [3.05, 3.63) is 53.9 Å². The van der Waals surface area contributed by atoms with Crippen molar-refractivity contribution in [2.45, 2.75) is 31.3 Å². The third-order valence-corrected chi connectivity index (χ3v) is 3.47. The van der Waals surface area contributed by atoms with Crippen LogP contribution in [0.25, 0.3) is 0 Å². The number of hydrogen-bond acceptors (Lipinski definition) is 3. The van der Waals surface area contributed by atoms with Gasteiger partial charge in [-0.05, 0) is 24.3 Å². The van der Waals surface area contributed by atoms with E-state index in [1.807, 2.05) is 6.07 Å². The smallest absolute Gasteiger partial charge is 0.124 e. The molecule has 3 nitrogen and oxygen atoms in total. The minimum absolute atomic E-state index is 0.622. The molecule has 0 spiro atoms. The Bertz CT molecular complexity index is 446. The van der Waals surface area contributed by atoms with Gasteiger partial charge in [0, 0.05) is 18.7 Å². The van der Waals surface area contributed by atoms with Gasteiger partial charge in [0.1, 0.15) is 6.26 Å². The molecule has 1 N–H and O–H groups in total. The van der Waals surface area contributed by atoms with Crippen molar-refractivity contribution >= 4 is 0 Å². The molecule has 1 fully saturated rings. The van der Waals surface area contributed by atoms with Crippen LogP contribution < -0.4 is 5.32 Å². The summed E-state index contributed by atoms with van der Waals surface area (Å²) in [7, 11) is 0. The third kappa shape index (κ3) is 2.39. The van der Waals surface area contributed by atoms with Crippen molar-refractivity contribution in [2.75, 3.05) is 0 Å². The van der Waals surface area contributed by atoms with E-state index in [2.05, 4.69) is 40.8 Å². The van der Waals surface area contributed by atoms with Gasteiger partial charge in [0.25, 0.3) is 0 Å². The summed E-state index contributed by atoms with van der Waals surface area (Å²) in [6, 6.07) is 13.3. The van der Waals surface area contributed by atoms with Gasteiger partial charge in [-0.1, -0.05) is 35.5 Å². The van der Waals surface area contributed by atoms with Gasteiger partial charge in [0.15, 0.2) is 0 Å². The zero-order valence-electron chi connectivity index (χ0n) is 9.67. The van der Waals surface area contributed by atoms with Crippen molar-refractivity contribution < 1.29 is 4.52 Å². The Hall–Kier alpha value is -1.61. The van der Waals surface area contributed by atoms with Gasteiger partial charge in [-0.15, -0.1) is 0 Å². The van der Waals surface area contributed by atoms with E-state index in [1.54, 1.807) is 6.26 Å². The van der Waals surface area contributed by atoms with Crippen LogP contribution in [0.5, 0.6) is 0 Å². The Morgan fingerprint density at radius 3 is 2.71 bits per heavy atom. The first-order valence-electron chi connectivity index (χ1n) is 6.09. The predicted molar refractivity (Wildman–Crippen MR) is 65.5 cm³/mol. The fourth-order valence-corrected chi connectivity index (χ4v) is 2.36. The number of benzene rings is 1. The number of rotatable bonds is 4. The van der Waals surface area contributed by atoms with Crippen LogP contribution in [0.1, 0.15) is 30.0 Å². The van der Waals surface area contributed by atoms with Crippen LogP contribution in [0, 0.1) is 0 Å². The van der Waals surface area contributed by atoms with Crippen molar-refractivity contribution in [1.29, 1.82) is 0 Å². The highest BCUT2D eigenvalue weighted by Gasteiger charge is 2.29. The monoisotopic (exact) mass is 228 g/mol. The van der Waals surface area contributed by atoms with Crippen molar-refractivity contribution in [2.24, 2.45) is 0 Å². The zero-order chi connectivity index (χ0) is 11.5. The van der Waals surface area contributed by atoms with Crippen molar-refractivity contribution in [3.63, 3.8) is 0 Å². The van der Waals surface area contributed by atoms with Crippen LogP contribution in [0.2, 0.25) is 0 Å². The molecule has 17 heavy (non-hydrogen) atoms. The van der Waals surface area contributed by atoms with Gasteiger partial charge >= 0.3 is 0 Å². The summed E-state index contributed by atoms with van der Waals surface area (Å²) in [5.41, 5.74) is 2.44. The largest absolute Gasteiger partial charge is 0.364 e. The molecule has 0 saturated heterocycles. The van der Waals surface area contributed by atoms with Crippen molar-refractivity contribution in [1.82, 2.24) is 10.5 Å². The Morgan fingerprint density at radius 2 is 2.00 bits per heavy atom. The standard InChI is InChI=1S/C14H16N2O/c1-2-4-11(5-3-1)12-8-14(9-12)15-10-13-6-7-17-16-13/h1-7,12,14-15H,8-10H2. The lowest BCUT2D eigenvalue weighted by Gasteiger charge is -2.36. The zero-order valence-corrected chi connectivity index (χ0v) is 9.67. The number of nitrogens with one attached hydrogen (secondary N) is 1. The molecule has 1 aliphatic rings. The molecule has 1 heterocycles. The SMILES string of the molecule is c1ccc(C2CC(NCc3ccon3)C2)cc1. The fourth-order valence-electron chi connectivity index (χ4n) is 2.36. The molecule has 0 aliphatic heterocycles. The van der Waals surface area contributed by atoms with E-state index in [0.29, 0.717) is 6.04 Å². The summed E-state index contributed by atoms with van der Waals surface area (Å²) in [5.74, 6) is 0.728. The molecule has 0 bridgehead atoms. The van der Waals surface area contributed by atoms with Gasteiger partial charge in [-0.3, -0.25) is 0 Å². The van der Waals surface area contributed by atoms with Gasteiger partial charge in [0.05, 0.1) is 5.69 Å². The van der Waals surface area contributed by atoms with Crippen LogP contribution in [-0.2, 0) is 6.54 Å². The van der Waals surface area contributed by atoms with E-state index < -0.39 is 0 Å². The summed E-state index contributed by atoms with van der Waals surface area (Å²) in [5, 5.41) is 7.39. The molecule has 88 valence electrons. The Kier molecular flexibility index (Phi) is 2.92. The van der Waals surface area contributed by atoms with Crippen LogP contribution in [0.4, 0.5) is 0 Å². The van der Waals surface area contributed by atoms with Gasteiger partial charge in [-0.25, -0.2) is 0 Å². The highest BCUT2D eigenvalue weighted by Crippen LogP contribution is 2.36. The van der Waals surface area contributed by atoms with Crippen LogP contribution in [0.15, 0.2) is 47.2 Å². The summed E-state index contributed by atoms with van der Waals surface area (Å²) in [6.45, 7) is 0.808. The summed E-state index contributed by atoms with van der Waals surface area (Å²) >= 11 is 0. The van der Waals surface area contributed by atoms with Crippen LogP contribution in [-0.4, -0.2) is 11.2 Å². The second-order valence-electron chi connectivity index (χ2n) is 4.65.